The molecule has 0 amide bonds. The van der Waals surface area contributed by atoms with Crippen LogP contribution < -0.4 is 18.9 Å². The fourth-order valence-corrected chi connectivity index (χ4v) is 1.01. The Bertz CT molecular complexity index is 260. The van der Waals surface area contributed by atoms with Crippen LogP contribution in [-0.2, 0) is 34.1 Å². The van der Waals surface area contributed by atoms with Crippen molar-refractivity contribution in [3.8, 4) is 23.0 Å². The van der Waals surface area contributed by atoms with Crippen molar-refractivity contribution in [2.24, 2.45) is 0 Å². The average molecular weight is 323 g/mol. The maximum Gasteiger partial charge on any atom is 1.00 e. The van der Waals surface area contributed by atoms with Crippen molar-refractivity contribution < 1.29 is 53.1 Å². The molecule has 0 saturated heterocycles. The van der Waals surface area contributed by atoms with Gasteiger partial charge < -0.3 is 18.9 Å². The third kappa shape index (κ3) is 3.80. The van der Waals surface area contributed by atoms with Crippen LogP contribution in [0.4, 0.5) is 0 Å². The molecule has 1 aromatic rings. The van der Waals surface area contributed by atoms with E-state index in [9.17, 15) is 0 Å². The molecule has 0 unspecified atom stereocenters. The van der Waals surface area contributed by atoms with Crippen LogP contribution >= 0.6 is 0 Å². The molecule has 0 fully saturated rings. The first kappa shape index (κ1) is 17.8. The summed E-state index contributed by atoms with van der Waals surface area (Å²) in [4.78, 5) is 0. The van der Waals surface area contributed by atoms with Crippen LogP contribution in [0.3, 0.4) is 0 Å². The van der Waals surface area contributed by atoms with Crippen molar-refractivity contribution in [2.75, 3.05) is 28.4 Å². The third-order valence-corrected chi connectivity index (χ3v) is 1.68. The first-order chi connectivity index (χ1) is 6.76. The van der Waals surface area contributed by atoms with Crippen molar-refractivity contribution in [2.45, 2.75) is 0 Å². The van der Waals surface area contributed by atoms with Crippen molar-refractivity contribution in [1.29, 1.82) is 0 Å². The molecule has 16 heavy (non-hydrogen) atoms. The fourth-order valence-electron chi connectivity index (χ4n) is 1.01. The second-order valence-corrected chi connectivity index (χ2v) is 2.38. The van der Waals surface area contributed by atoms with Crippen LogP contribution in [0.1, 0.15) is 0 Å². The van der Waals surface area contributed by atoms with Gasteiger partial charge in [0.1, 0.15) is 0 Å². The Kier molecular flexibility index (Phi) is 9.58. The molecule has 0 aliphatic heterocycles. The molecule has 0 aliphatic rings. The van der Waals surface area contributed by atoms with E-state index in [-0.39, 0.29) is 34.1 Å². The number of hydrogen-bond acceptors (Lipinski definition) is 4. The van der Waals surface area contributed by atoms with Gasteiger partial charge >= 0.3 is 34.1 Å². The minimum atomic E-state index is 0. The molecule has 0 bridgehead atoms. The molecule has 4 nitrogen and oxygen atoms in total. The number of rotatable bonds is 4. The van der Waals surface area contributed by atoms with E-state index in [1.807, 2.05) is 0 Å². The summed E-state index contributed by atoms with van der Waals surface area (Å²) < 4.78 is 20.1. The van der Waals surface area contributed by atoms with Gasteiger partial charge in [0.05, 0.1) is 28.4 Å². The van der Waals surface area contributed by atoms with Crippen LogP contribution in [0.5, 0.6) is 23.0 Å². The topological polar surface area (TPSA) is 36.9 Å². The summed E-state index contributed by atoms with van der Waals surface area (Å²) in [5.74, 6) is 1.74. The Morgan fingerprint density at radius 1 is 0.562 bits per heavy atom. The predicted molar refractivity (Wildman–Crippen MR) is 50.3 cm³/mol. The van der Waals surface area contributed by atoms with Gasteiger partial charge in [0, 0.05) is 0 Å². The first-order valence-electron chi connectivity index (χ1n) is 3.95. The summed E-state index contributed by atoms with van der Waals surface area (Å²) >= 11 is 0. The van der Waals surface area contributed by atoms with E-state index in [0.717, 1.165) is 0 Å². The van der Waals surface area contributed by atoms with Gasteiger partial charge in [-0.3, -0.25) is 0 Å². The van der Waals surface area contributed by atoms with Crippen LogP contribution in [0, 0.1) is 12.1 Å². The van der Waals surface area contributed by atoms with E-state index >= 15 is 0 Å². The van der Waals surface area contributed by atoms with Crippen LogP contribution in [0.15, 0.2) is 0 Å². The average Bonchev–Trinajstić information content (AvgIpc) is 2.26. The summed E-state index contributed by atoms with van der Waals surface area (Å²) in [5.41, 5.74) is 0. The van der Waals surface area contributed by atoms with E-state index in [1.54, 1.807) is 0 Å². The molecule has 0 N–H and O–H groups in total. The fraction of sp³-hybridized carbons (Fsp3) is 0.400. The minimum absolute atomic E-state index is 0. The summed E-state index contributed by atoms with van der Waals surface area (Å²) in [5, 5.41) is 0. The molecule has 98 valence electrons. The molecular weight excluding hydrogens is 311 g/mol. The zero-order valence-electron chi connectivity index (χ0n) is 9.24. The Morgan fingerprint density at radius 2 is 0.750 bits per heavy atom. The molecule has 0 radical (unpaired) electrons. The maximum atomic E-state index is 5.03. The maximum absolute atomic E-state index is 5.03. The molecular formula is C10H12Cu2O4. The van der Waals surface area contributed by atoms with Gasteiger partial charge in [-0.25, -0.2) is 12.1 Å². The minimum Gasteiger partial charge on any atom is -0.576 e. The Hall–Kier alpha value is -0.541. The molecule has 0 spiro atoms. The third-order valence-electron chi connectivity index (χ3n) is 1.68. The van der Waals surface area contributed by atoms with Crippen LogP contribution in [-0.4, -0.2) is 28.4 Å². The van der Waals surface area contributed by atoms with Crippen molar-refractivity contribution in [3.63, 3.8) is 0 Å². The number of ether oxygens (including phenoxy) is 4. The number of benzene rings is 1. The number of methoxy groups -OCH3 is 4. The largest absolute Gasteiger partial charge is 1.00 e. The van der Waals surface area contributed by atoms with Gasteiger partial charge in [-0.2, -0.15) is 0 Å². The van der Waals surface area contributed by atoms with E-state index < -0.39 is 0 Å². The van der Waals surface area contributed by atoms with Crippen molar-refractivity contribution in [3.05, 3.63) is 12.1 Å². The van der Waals surface area contributed by atoms with Gasteiger partial charge in [0.2, 0.25) is 0 Å². The summed E-state index contributed by atoms with van der Waals surface area (Å²) in [7, 11) is 6.09. The Balaban J connectivity index is 0. The smallest absolute Gasteiger partial charge is 0.576 e. The van der Waals surface area contributed by atoms with Gasteiger partial charge in [0.15, 0.2) is 0 Å². The first-order valence-corrected chi connectivity index (χ1v) is 3.95. The van der Waals surface area contributed by atoms with Gasteiger partial charge in [-0.15, -0.1) is 0 Å². The van der Waals surface area contributed by atoms with E-state index in [4.69, 9.17) is 18.9 Å². The van der Waals surface area contributed by atoms with Gasteiger partial charge in [-0.05, 0) is 0 Å². The summed E-state index contributed by atoms with van der Waals surface area (Å²) in [6, 6.07) is 5.71. The molecule has 0 atom stereocenters. The molecule has 6 heteroatoms. The second kappa shape index (κ2) is 8.59. The molecule has 0 heterocycles. The Labute approximate surface area is 117 Å². The zero-order chi connectivity index (χ0) is 10.6. The molecule has 0 aromatic heterocycles. The molecule has 0 saturated carbocycles. The number of hydrogen-bond donors (Lipinski definition) is 0. The quantitative estimate of drug-likeness (QED) is 0.619. The second-order valence-electron chi connectivity index (χ2n) is 2.38. The normalized spacial score (nSPS) is 8.25. The van der Waals surface area contributed by atoms with E-state index in [0.29, 0.717) is 23.0 Å². The standard InChI is InChI=1S/C10H12O4.2Cu/c1-11-7-5-9(13-3)10(14-4)6-8(7)12-2;;/h1-4H3;;/q-2;2*+1. The summed E-state index contributed by atoms with van der Waals surface area (Å²) in [6.45, 7) is 0. The van der Waals surface area contributed by atoms with Crippen molar-refractivity contribution >= 4 is 0 Å². The van der Waals surface area contributed by atoms with Crippen molar-refractivity contribution in [1.82, 2.24) is 0 Å². The van der Waals surface area contributed by atoms with E-state index in [1.165, 1.54) is 28.4 Å². The van der Waals surface area contributed by atoms with Crippen LogP contribution in [0.2, 0.25) is 0 Å². The summed E-state index contributed by atoms with van der Waals surface area (Å²) in [6.07, 6.45) is 0. The monoisotopic (exact) mass is 322 g/mol. The van der Waals surface area contributed by atoms with Gasteiger partial charge in [0.25, 0.3) is 0 Å². The molecule has 0 aliphatic carbocycles. The van der Waals surface area contributed by atoms with Crippen LogP contribution in [0.25, 0.3) is 0 Å². The SMILES string of the molecule is COc1[c-]c(OC)c(OC)[c-]c1OC.[Cu+].[Cu+]. The van der Waals surface area contributed by atoms with E-state index in [2.05, 4.69) is 12.1 Å². The zero-order valence-corrected chi connectivity index (χ0v) is 11.1. The molecule has 1 rings (SSSR count). The molecule has 1 aromatic carbocycles. The Morgan fingerprint density at radius 3 is 0.875 bits per heavy atom. The predicted octanol–water partition coefficient (Wildman–Crippen LogP) is 1.32. The van der Waals surface area contributed by atoms with Gasteiger partial charge in [-0.1, -0.05) is 23.0 Å².